The van der Waals surface area contributed by atoms with Gasteiger partial charge >= 0.3 is 0 Å². The number of nitrogens with zero attached hydrogens (tertiary/aromatic N) is 1. The largest absolute Gasteiger partial charge is 0.441 e. The molecule has 0 spiro atoms. The average Bonchev–Trinajstić information content (AvgIpc) is 2.96. The summed E-state index contributed by atoms with van der Waals surface area (Å²) in [5.74, 6) is 0.599. The van der Waals surface area contributed by atoms with E-state index in [1.165, 1.54) is 0 Å². The summed E-state index contributed by atoms with van der Waals surface area (Å²) in [5, 5.41) is 2.99. The molecule has 112 valence electrons. The van der Waals surface area contributed by atoms with Crippen LogP contribution in [0.5, 0.6) is 0 Å². The highest BCUT2D eigenvalue weighted by atomic mass is 16.3. The van der Waals surface area contributed by atoms with Gasteiger partial charge in [0.25, 0.3) is 0 Å². The number of para-hydroxylation sites is 2. The number of oxazole rings is 1. The molecule has 0 aliphatic rings. The van der Waals surface area contributed by atoms with Crippen LogP contribution < -0.4 is 5.32 Å². The first-order valence-corrected chi connectivity index (χ1v) is 7.41. The Hall–Kier alpha value is -2.62. The maximum Gasteiger partial charge on any atom is 0.220 e. The second-order valence-electron chi connectivity index (χ2n) is 5.28. The fourth-order valence-electron chi connectivity index (χ4n) is 2.39. The summed E-state index contributed by atoms with van der Waals surface area (Å²) < 4.78 is 5.62. The number of hydrogen-bond acceptors (Lipinski definition) is 3. The molecule has 22 heavy (non-hydrogen) atoms. The highest BCUT2D eigenvalue weighted by molar-refractivity contribution is 5.77. The Morgan fingerprint density at radius 2 is 1.86 bits per heavy atom. The summed E-state index contributed by atoms with van der Waals surface area (Å²) in [4.78, 5) is 16.4. The molecular formula is C18H18N2O2. The Labute approximate surface area is 129 Å². The number of carbonyl (C=O) groups excluding carboxylic acids is 1. The van der Waals surface area contributed by atoms with Gasteiger partial charge in [-0.2, -0.15) is 0 Å². The third kappa shape index (κ3) is 3.34. The second-order valence-corrected chi connectivity index (χ2v) is 5.28. The van der Waals surface area contributed by atoms with Crippen LogP contribution in [0.2, 0.25) is 0 Å². The summed E-state index contributed by atoms with van der Waals surface area (Å²) in [5.41, 5.74) is 2.68. The lowest BCUT2D eigenvalue weighted by molar-refractivity contribution is -0.121. The lowest BCUT2D eigenvalue weighted by Crippen LogP contribution is -2.26. The van der Waals surface area contributed by atoms with Gasteiger partial charge in [-0.1, -0.05) is 42.5 Å². The Morgan fingerprint density at radius 1 is 1.14 bits per heavy atom. The van der Waals surface area contributed by atoms with Crippen molar-refractivity contribution in [1.82, 2.24) is 10.3 Å². The monoisotopic (exact) mass is 294 g/mol. The maximum atomic E-state index is 12.0. The summed E-state index contributed by atoms with van der Waals surface area (Å²) in [6.45, 7) is 1.98. The normalized spacial score (nSPS) is 12.2. The van der Waals surface area contributed by atoms with Crippen molar-refractivity contribution in [3.8, 4) is 0 Å². The maximum absolute atomic E-state index is 12.0. The first-order chi connectivity index (χ1) is 10.7. The zero-order chi connectivity index (χ0) is 15.4. The number of rotatable bonds is 5. The number of amides is 1. The zero-order valence-corrected chi connectivity index (χ0v) is 12.5. The second kappa shape index (κ2) is 6.43. The molecule has 1 N–H and O–H groups in total. The van der Waals surface area contributed by atoms with Gasteiger partial charge in [-0.05, 0) is 24.6 Å². The van der Waals surface area contributed by atoms with Crippen molar-refractivity contribution in [3.63, 3.8) is 0 Å². The van der Waals surface area contributed by atoms with E-state index in [4.69, 9.17) is 4.42 Å². The minimum absolute atomic E-state index is 0.00129. The molecule has 3 rings (SSSR count). The summed E-state index contributed by atoms with van der Waals surface area (Å²) >= 11 is 0. The van der Waals surface area contributed by atoms with E-state index in [-0.39, 0.29) is 11.9 Å². The van der Waals surface area contributed by atoms with Gasteiger partial charge in [-0.15, -0.1) is 0 Å². The molecule has 0 bridgehead atoms. The van der Waals surface area contributed by atoms with Crippen molar-refractivity contribution in [2.24, 2.45) is 0 Å². The molecular weight excluding hydrogens is 276 g/mol. The van der Waals surface area contributed by atoms with Gasteiger partial charge in [0, 0.05) is 12.8 Å². The van der Waals surface area contributed by atoms with E-state index in [2.05, 4.69) is 10.3 Å². The molecule has 0 aliphatic carbocycles. The first-order valence-electron chi connectivity index (χ1n) is 7.41. The minimum atomic E-state index is -0.00247. The van der Waals surface area contributed by atoms with Crippen molar-refractivity contribution in [2.45, 2.75) is 25.8 Å². The molecule has 0 unspecified atom stereocenters. The van der Waals surface area contributed by atoms with Crippen LogP contribution in [-0.4, -0.2) is 10.9 Å². The molecule has 2 aromatic carbocycles. The first kappa shape index (κ1) is 14.3. The number of carbonyl (C=O) groups is 1. The van der Waals surface area contributed by atoms with Gasteiger partial charge in [0.05, 0.1) is 6.04 Å². The Kier molecular flexibility index (Phi) is 4.19. The topological polar surface area (TPSA) is 55.1 Å². The van der Waals surface area contributed by atoms with Gasteiger partial charge in [-0.3, -0.25) is 4.79 Å². The molecule has 0 fully saturated rings. The molecule has 1 aromatic heterocycles. The van der Waals surface area contributed by atoms with Crippen LogP contribution in [0.4, 0.5) is 0 Å². The molecule has 1 amide bonds. The van der Waals surface area contributed by atoms with Crippen LogP contribution >= 0.6 is 0 Å². The number of hydrogen-bond donors (Lipinski definition) is 1. The van der Waals surface area contributed by atoms with E-state index in [9.17, 15) is 4.79 Å². The Bertz CT molecular complexity index is 732. The highest BCUT2D eigenvalue weighted by Crippen LogP contribution is 2.16. The predicted molar refractivity (Wildman–Crippen MR) is 85.3 cm³/mol. The van der Waals surface area contributed by atoms with Crippen molar-refractivity contribution >= 4 is 17.0 Å². The van der Waals surface area contributed by atoms with Gasteiger partial charge in [0.15, 0.2) is 11.5 Å². The SMILES string of the molecule is C[C@H](NC(=O)CCc1nc2ccccc2o1)c1ccccc1. The number of aromatic nitrogens is 1. The van der Waals surface area contributed by atoms with Gasteiger partial charge in [0.1, 0.15) is 5.52 Å². The molecule has 1 atom stereocenters. The third-order valence-electron chi connectivity index (χ3n) is 3.58. The number of benzene rings is 2. The van der Waals surface area contributed by atoms with E-state index in [0.717, 1.165) is 16.7 Å². The van der Waals surface area contributed by atoms with Crippen molar-refractivity contribution in [3.05, 3.63) is 66.1 Å². The molecule has 0 radical (unpaired) electrons. The van der Waals surface area contributed by atoms with Crippen LogP contribution in [0, 0.1) is 0 Å². The minimum Gasteiger partial charge on any atom is -0.441 e. The molecule has 3 aromatic rings. The number of nitrogens with one attached hydrogen (secondary N) is 1. The number of aryl methyl sites for hydroxylation is 1. The van der Waals surface area contributed by atoms with Crippen molar-refractivity contribution in [2.75, 3.05) is 0 Å². The van der Waals surface area contributed by atoms with Crippen LogP contribution in [0.25, 0.3) is 11.1 Å². The van der Waals surface area contributed by atoms with Gasteiger partial charge in [-0.25, -0.2) is 4.98 Å². The summed E-state index contributed by atoms with van der Waals surface area (Å²) in [6.07, 6.45) is 0.867. The van der Waals surface area contributed by atoms with Crippen molar-refractivity contribution < 1.29 is 9.21 Å². The van der Waals surface area contributed by atoms with E-state index >= 15 is 0 Å². The van der Waals surface area contributed by atoms with E-state index in [1.807, 2.05) is 61.5 Å². The molecule has 4 heteroatoms. The average molecular weight is 294 g/mol. The smallest absolute Gasteiger partial charge is 0.220 e. The summed E-state index contributed by atoms with van der Waals surface area (Å²) in [6, 6.07) is 17.5. The fraction of sp³-hybridized carbons (Fsp3) is 0.222. The lowest BCUT2D eigenvalue weighted by atomic mass is 10.1. The quantitative estimate of drug-likeness (QED) is 0.781. The fourth-order valence-corrected chi connectivity index (χ4v) is 2.39. The summed E-state index contributed by atoms with van der Waals surface area (Å²) in [7, 11) is 0. The lowest BCUT2D eigenvalue weighted by Gasteiger charge is -2.13. The standard InChI is InChI=1S/C18H18N2O2/c1-13(14-7-3-2-4-8-14)19-17(21)11-12-18-20-15-9-5-6-10-16(15)22-18/h2-10,13H,11-12H2,1H3,(H,19,21)/t13-/m0/s1. The van der Waals surface area contributed by atoms with Crippen LogP contribution in [0.1, 0.15) is 30.8 Å². The molecule has 4 nitrogen and oxygen atoms in total. The van der Waals surface area contributed by atoms with E-state index < -0.39 is 0 Å². The Balaban J connectivity index is 1.56. The number of fused-ring (bicyclic) bond motifs is 1. The predicted octanol–water partition coefficient (Wildman–Crippen LogP) is 3.64. The van der Waals surface area contributed by atoms with E-state index in [1.54, 1.807) is 0 Å². The molecule has 0 saturated carbocycles. The van der Waals surface area contributed by atoms with Crippen LogP contribution in [-0.2, 0) is 11.2 Å². The zero-order valence-electron chi connectivity index (χ0n) is 12.5. The molecule has 1 heterocycles. The highest BCUT2D eigenvalue weighted by Gasteiger charge is 2.11. The molecule has 0 saturated heterocycles. The van der Waals surface area contributed by atoms with E-state index in [0.29, 0.717) is 18.7 Å². The van der Waals surface area contributed by atoms with Crippen LogP contribution in [0.15, 0.2) is 59.0 Å². The Morgan fingerprint density at radius 3 is 2.64 bits per heavy atom. The van der Waals surface area contributed by atoms with Gasteiger partial charge < -0.3 is 9.73 Å². The molecule has 0 aliphatic heterocycles. The van der Waals surface area contributed by atoms with Crippen LogP contribution in [0.3, 0.4) is 0 Å². The third-order valence-corrected chi connectivity index (χ3v) is 3.58. The van der Waals surface area contributed by atoms with Crippen molar-refractivity contribution in [1.29, 1.82) is 0 Å². The van der Waals surface area contributed by atoms with Gasteiger partial charge in [0.2, 0.25) is 5.91 Å².